The maximum absolute atomic E-state index is 12.4. The summed E-state index contributed by atoms with van der Waals surface area (Å²) in [4.78, 5) is 22.8. The third-order valence-electron chi connectivity index (χ3n) is 3.90. The summed E-state index contributed by atoms with van der Waals surface area (Å²) in [5, 5.41) is 13.8. The average Bonchev–Trinajstić information content (AvgIpc) is 2.49. The zero-order valence-corrected chi connectivity index (χ0v) is 13.7. The van der Waals surface area contributed by atoms with E-state index in [-0.39, 0.29) is 17.6 Å². The Morgan fingerprint density at radius 2 is 1.78 bits per heavy atom. The number of hydrogen-bond donors (Lipinski definition) is 1. The van der Waals surface area contributed by atoms with Gasteiger partial charge in [0.1, 0.15) is 0 Å². The molecule has 1 amide bonds. The topological polar surface area (TPSA) is 72.2 Å². The zero-order valence-electron chi connectivity index (χ0n) is 13.7. The summed E-state index contributed by atoms with van der Waals surface area (Å²) >= 11 is 0. The number of hydrogen-bond acceptors (Lipinski definition) is 3. The number of nitrogens with zero attached hydrogens (tertiary/aromatic N) is 1. The molecule has 0 aliphatic heterocycles. The molecule has 0 saturated carbocycles. The van der Waals surface area contributed by atoms with Crippen molar-refractivity contribution in [3.8, 4) is 0 Å². The molecule has 1 N–H and O–H groups in total. The van der Waals surface area contributed by atoms with E-state index in [1.165, 1.54) is 12.1 Å². The van der Waals surface area contributed by atoms with Gasteiger partial charge in [0.2, 0.25) is 0 Å². The van der Waals surface area contributed by atoms with Gasteiger partial charge in [0.15, 0.2) is 0 Å². The van der Waals surface area contributed by atoms with E-state index in [1.54, 1.807) is 13.0 Å². The van der Waals surface area contributed by atoms with Gasteiger partial charge in [-0.1, -0.05) is 23.8 Å². The van der Waals surface area contributed by atoms with Gasteiger partial charge in [0.25, 0.3) is 11.6 Å². The van der Waals surface area contributed by atoms with E-state index in [2.05, 4.69) is 11.4 Å². The molecule has 5 nitrogen and oxygen atoms in total. The van der Waals surface area contributed by atoms with Crippen LogP contribution in [-0.2, 0) is 0 Å². The largest absolute Gasteiger partial charge is 0.346 e. The van der Waals surface area contributed by atoms with Crippen LogP contribution in [0.25, 0.3) is 0 Å². The average molecular weight is 312 g/mol. The van der Waals surface area contributed by atoms with Crippen molar-refractivity contribution in [3.63, 3.8) is 0 Å². The van der Waals surface area contributed by atoms with Gasteiger partial charge < -0.3 is 5.32 Å². The molecule has 2 rings (SSSR count). The highest BCUT2D eigenvalue weighted by atomic mass is 16.6. The Morgan fingerprint density at radius 3 is 2.39 bits per heavy atom. The van der Waals surface area contributed by atoms with Crippen LogP contribution in [-0.4, -0.2) is 10.8 Å². The van der Waals surface area contributed by atoms with Crippen molar-refractivity contribution in [1.29, 1.82) is 0 Å². The summed E-state index contributed by atoms with van der Waals surface area (Å²) in [6.07, 6.45) is 0. The molecule has 0 aromatic heterocycles. The number of carbonyl (C=O) groups excluding carboxylic acids is 1. The van der Waals surface area contributed by atoms with Gasteiger partial charge in [-0.2, -0.15) is 0 Å². The fraction of sp³-hybridized carbons (Fsp3) is 0.278. The Balaban J connectivity index is 2.20. The van der Waals surface area contributed by atoms with Crippen LogP contribution < -0.4 is 5.32 Å². The molecule has 0 heterocycles. The molecule has 0 saturated heterocycles. The minimum atomic E-state index is -0.449. The first-order valence-corrected chi connectivity index (χ1v) is 7.42. The van der Waals surface area contributed by atoms with Crippen molar-refractivity contribution in [3.05, 3.63) is 74.3 Å². The molecule has 0 radical (unpaired) electrons. The molecular formula is C18H20N2O3. The molecule has 0 spiro atoms. The highest BCUT2D eigenvalue weighted by molar-refractivity contribution is 5.95. The molecule has 0 bridgehead atoms. The number of nitro benzene ring substituents is 1. The number of rotatable bonds is 4. The summed E-state index contributed by atoms with van der Waals surface area (Å²) in [6.45, 7) is 7.57. The van der Waals surface area contributed by atoms with E-state index < -0.39 is 4.92 Å². The molecule has 2 aromatic rings. The van der Waals surface area contributed by atoms with Crippen LogP contribution in [0.3, 0.4) is 0 Å². The van der Waals surface area contributed by atoms with Crippen molar-refractivity contribution in [1.82, 2.24) is 5.32 Å². The standard InChI is InChI=1S/C18H20N2O3/c1-11-5-6-12(2)16(9-11)14(4)19-18(21)15-7-8-17(20(22)23)13(3)10-15/h5-10,14H,1-4H3,(H,19,21)/t14-/m1/s1. The van der Waals surface area contributed by atoms with E-state index in [0.29, 0.717) is 11.1 Å². The maximum atomic E-state index is 12.4. The number of nitro groups is 1. The molecule has 0 aliphatic carbocycles. The van der Waals surface area contributed by atoms with Crippen LogP contribution >= 0.6 is 0 Å². The first-order chi connectivity index (χ1) is 10.8. The van der Waals surface area contributed by atoms with Crippen molar-refractivity contribution in [2.24, 2.45) is 0 Å². The summed E-state index contributed by atoms with van der Waals surface area (Å²) < 4.78 is 0. The third-order valence-corrected chi connectivity index (χ3v) is 3.90. The quantitative estimate of drug-likeness (QED) is 0.685. The third kappa shape index (κ3) is 3.74. The number of benzene rings is 2. The monoisotopic (exact) mass is 312 g/mol. The second-order valence-corrected chi connectivity index (χ2v) is 5.81. The number of aryl methyl sites for hydroxylation is 3. The van der Waals surface area contributed by atoms with Crippen LogP contribution in [0.15, 0.2) is 36.4 Å². The zero-order chi connectivity index (χ0) is 17.1. The summed E-state index contributed by atoms with van der Waals surface area (Å²) in [5.41, 5.74) is 4.23. The van der Waals surface area contributed by atoms with Crippen molar-refractivity contribution >= 4 is 11.6 Å². The van der Waals surface area contributed by atoms with E-state index >= 15 is 0 Å². The van der Waals surface area contributed by atoms with Gasteiger partial charge in [-0.05, 0) is 51.0 Å². The summed E-state index contributed by atoms with van der Waals surface area (Å²) in [6, 6.07) is 10.4. The van der Waals surface area contributed by atoms with Crippen LogP contribution in [0, 0.1) is 30.9 Å². The van der Waals surface area contributed by atoms with E-state index in [0.717, 1.165) is 16.7 Å². The number of amides is 1. The lowest BCUT2D eigenvalue weighted by atomic mass is 9.99. The molecule has 0 unspecified atom stereocenters. The van der Waals surface area contributed by atoms with Crippen LogP contribution in [0.2, 0.25) is 0 Å². The van der Waals surface area contributed by atoms with E-state index in [9.17, 15) is 14.9 Å². The lowest BCUT2D eigenvalue weighted by Crippen LogP contribution is -2.27. The highest BCUT2D eigenvalue weighted by Gasteiger charge is 2.16. The number of nitrogens with one attached hydrogen (secondary N) is 1. The molecule has 1 atom stereocenters. The first-order valence-electron chi connectivity index (χ1n) is 7.42. The van der Waals surface area contributed by atoms with Gasteiger partial charge in [0, 0.05) is 17.2 Å². The van der Waals surface area contributed by atoms with Gasteiger partial charge in [-0.25, -0.2) is 0 Å². The Labute approximate surface area is 135 Å². The fourth-order valence-electron chi connectivity index (χ4n) is 2.59. The summed E-state index contributed by atoms with van der Waals surface area (Å²) in [5.74, 6) is -0.239. The Bertz CT molecular complexity index is 769. The van der Waals surface area contributed by atoms with Gasteiger partial charge in [-0.3, -0.25) is 14.9 Å². The molecule has 0 fully saturated rings. The van der Waals surface area contributed by atoms with E-state index in [4.69, 9.17) is 0 Å². The van der Waals surface area contributed by atoms with Crippen molar-refractivity contribution < 1.29 is 9.72 Å². The predicted octanol–water partition coefficient (Wildman–Crippen LogP) is 4.01. The van der Waals surface area contributed by atoms with Crippen LogP contribution in [0.1, 0.15) is 45.6 Å². The lowest BCUT2D eigenvalue weighted by Gasteiger charge is -2.17. The Morgan fingerprint density at radius 1 is 1.09 bits per heavy atom. The fourth-order valence-corrected chi connectivity index (χ4v) is 2.59. The van der Waals surface area contributed by atoms with Crippen molar-refractivity contribution in [2.45, 2.75) is 33.7 Å². The normalized spacial score (nSPS) is 11.8. The smallest absolute Gasteiger partial charge is 0.272 e. The van der Waals surface area contributed by atoms with Crippen LogP contribution in [0.4, 0.5) is 5.69 Å². The SMILES string of the molecule is Cc1ccc(C)c([C@@H](C)NC(=O)c2ccc([N+](=O)[O-])c(C)c2)c1. The lowest BCUT2D eigenvalue weighted by molar-refractivity contribution is -0.385. The predicted molar refractivity (Wildman–Crippen MR) is 89.6 cm³/mol. The van der Waals surface area contributed by atoms with Crippen LogP contribution in [0.5, 0.6) is 0 Å². The maximum Gasteiger partial charge on any atom is 0.272 e. The second kappa shape index (κ2) is 6.60. The molecular weight excluding hydrogens is 292 g/mol. The summed E-state index contributed by atoms with van der Waals surface area (Å²) in [7, 11) is 0. The Hall–Kier alpha value is -2.69. The van der Waals surface area contributed by atoms with Gasteiger partial charge >= 0.3 is 0 Å². The molecule has 0 aliphatic rings. The second-order valence-electron chi connectivity index (χ2n) is 5.81. The molecule has 120 valence electrons. The van der Waals surface area contributed by atoms with Gasteiger partial charge in [0.05, 0.1) is 11.0 Å². The van der Waals surface area contributed by atoms with E-state index in [1.807, 2.05) is 32.9 Å². The number of carbonyl (C=O) groups is 1. The molecule has 5 heteroatoms. The minimum absolute atomic E-state index is 0.0177. The molecule has 23 heavy (non-hydrogen) atoms. The van der Waals surface area contributed by atoms with Gasteiger partial charge in [-0.15, -0.1) is 0 Å². The molecule has 2 aromatic carbocycles. The first kappa shape index (κ1) is 16.7. The highest BCUT2D eigenvalue weighted by Crippen LogP contribution is 2.21. The van der Waals surface area contributed by atoms with Crippen molar-refractivity contribution in [2.75, 3.05) is 0 Å². The minimum Gasteiger partial charge on any atom is -0.346 e. The Kier molecular flexibility index (Phi) is 4.79.